The number of nitrogens with zero attached hydrogens (tertiary/aromatic N) is 1. The Bertz CT molecular complexity index is 831. The molecule has 1 heterocycles. The molecule has 1 aliphatic heterocycles. The van der Waals surface area contributed by atoms with Crippen molar-refractivity contribution in [2.24, 2.45) is 0 Å². The fourth-order valence-corrected chi connectivity index (χ4v) is 2.71. The lowest BCUT2D eigenvalue weighted by Gasteiger charge is -2.29. The van der Waals surface area contributed by atoms with Crippen LogP contribution in [0, 0.1) is 12.7 Å². The highest BCUT2D eigenvalue weighted by Gasteiger charge is 2.68. The summed E-state index contributed by atoms with van der Waals surface area (Å²) in [6, 6.07) is 7.97. The summed E-state index contributed by atoms with van der Waals surface area (Å²) < 4.78 is 54.6. The molecule has 1 unspecified atom stereocenters. The zero-order valence-corrected chi connectivity index (χ0v) is 12.9. The third kappa shape index (κ3) is 2.54. The number of rotatable bonds is 2. The molecule has 0 radical (unpaired) electrons. The first kappa shape index (κ1) is 16.9. The van der Waals surface area contributed by atoms with Gasteiger partial charge in [0.25, 0.3) is 5.91 Å². The topological polar surface area (TPSA) is 49.4 Å². The van der Waals surface area contributed by atoms with Crippen LogP contribution < -0.4 is 10.2 Å². The van der Waals surface area contributed by atoms with Gasteiger partial charge in [0.2, 0.25) is 5.54 Å². The number of aryl methyl sites for hydroxylation is 1. The summed E-state index contributed by atoms with van der Waals surface area (Å²) >= 11 is 0. The van der Waals surface area contributed by atoms with Crippen molar-refractivity contribution in [1.82, 2.24) is 5.32 Å². The summed E-state index contributed by atoms with van der Waals surface area (Å²) in [4.78, 5) is 25.3. The Hall–Kier alpha value is -2.90. The van der Waals surface area contributed by atoms with E-state index in [9.17, 15) is 27.2 Å². The Labute approximate surface area is 140 Å². The van der Waals surface area contributed by atoms with Crippen LogP contribution in [0.3, 0.4) is 0 Å². The highest BCUT2D eigenvalue weighted by molar-refractivity contribution is 6.23. The van der Waals surface area contributed by atoms with Gasteiger partial charge in [0.05, 0.1) is 5.69 Å². The number of amides is 3. The van der Waals surface area contributed by atoms with Crippen LogP contribution in [0.15, 0.2) is 48.5 Å². The Morgan fingerprint density at radius 3 is 2.04 bits per heavy atom. The summed E-state index contributed by atoms with van der Waals surface area (Å²) in [5.74, 6) is -2.24. The third-order valence-electron chi connectivity index (χ3n) is 4.02. The van der Waals surface area contributed by atoms with Crippen LogP contribution >= 0.6 is 0 Å². The monoisotopic (exact) mass is 352 g/mol. The minimum absolute atomic E-state index is 0.0151. The molecule has 1 aliphatic rings. The van der Waals surface area contributed by atoms with Gasteiger partial charge in [-0.1, -0.05) is 29.8 Å². The quantitative estimate of drug-likeness (QED) is 0.663. The van der Waals surface area contributed by atoms with E-state index in [-0.39, 0.29) is 5.69 Å². The van der Waals surface area contributed by atoms with Crippen LogP contribution in [-0.2, 0) is 10.3 Å². The number of halogens is 4. The first-order valence-electron chi connectivity index (χ1n) is 7.23. The maximum Gasteiger partial charge on any atom is 0.425 e. The van der Waals surface area contributed by atoms with Crippen LogP contribution in [-0.4, -0.2) is 18.1 Å². The number of nitrogens with one attached hydrogen (secondary N) is 1. The molecular formula is C17H12F4N2O2. The molecule has 0 aliphatic carbocycles. The Morgan fingerprint density at radius 1 is 0.960 bits per heavy atom. The van der Waals surface area contributed by atoms with E-state index in [2.05, 4.69) is 0 Å². The molecule has 0 saturated carbocycles. The lowest BCUT2D eigenvalue weighted by atomic mass is 9.89. The van der Waals surface area contributed by atoms with Crippen molar-refractivity contribution < 1.29 is 27.2 Å². The average Bonchev–Trinajstić information content (AvgIpc) is 2.81. The van der Waals surface area contributed by atoms with Gasteiger partial charge in [-0.2, -0.15) is 13.2 Å². The van der Waals surface area contributed by atoms with Gasteiger partial charge in [0.15, 0.2) is 0 Å². The summed E-state index contributed by atoms with van der Waals surface area (Å²) in [5.41, 5.74) is -2.99. The van der Waals surface area contributed by atoms with Gasteiger partial charge in [-0.25, -0.2) is 14.1 Å². The molecule has 8 heteroatoms. The van der Waals surface area contributed by atoms with E-state index in [1.165, 1.54) is 12.1 Å². The molecule has 0 spiro atoms. The number of carbonyl (C=O) groups excluding carboxylic acids is 2. The minimum Gasteiger partial charge on any atom is -0.311 e. The van der Waals surface area contributed by atoms with Crippen molar-refractivity contribution in [2.75, 3.05) is 4.90 Å². The first-order chi connectivity index (χ1) is 11.7. The normalized spacial score (nSPS) is 20.8. The van der Waals surface area contributed by atoms with Gasteiger partial charge in [-0.3, -0.25) is 4.79 Å². The van der Waals surface area contributed by atoms with Crippen molar-refractivity contribution in [1.29, 1.82) is 0 Å². The van der Waals surface area contributed by atoms with Gasteiger partial charge < -0.3 is 5.32 Å². The highest BCUT2D eigenvalue weighted by Crippen LogP contribution is 2.44. The molecule has 4 nitrogen and oxygen atoms in total. The lowest BCUT2D eigenvalue weighted by molar-refractivity contribution is -0.195. The molecule has 3 amide bonds. The average molecular weight is 352 g/mol. The fraction of sp³-hybridized carbons (Fsp3) is 0.176. The number of carbonyl (C=O) groups is 2. The maximum atomic E-state index is 13.8. The first-order valence-corrected chi connectivity index (χ1v) is 7.23. The van der Waals surface area contributed by atoms with E-state index in [1.54, 1.807) is 24.4 Å². The van der Waals surface area contributed by atoms with Crippen LogP contribution in [0.2, 0.25) is 0 Å². The number of alkyl halides is 3. The van der Waals surface area contributed by atoms with Crippen molar-refractivity contribution >= 4 is 17.6 Å². The highest BCUT2D eigenvalue weighted by atomic mass is 19.4. The summed E-state index contributed by atoms with van der Waals surface area (Å²) in [6.07, 6.45) is -5.11. The molecule has 0 aromatic heterocycles. The second-order valence-electron chi connectivity index (χ2n) is 5.66. The van der Waals surface area contributed by atoms with Gasteiger partial charge in [0, 0.05) is 0 Å². The number of urea groups is 1. The smallest absolute Gasteiger partial charge is 0.311 e. The largest absolute Gasteiger partial charge is 0.425 e. The fourth-order valence-electron chi connectivity index (χ4n) is 2.71. The summed E-state index contributed by atoms with van der Waals surface area (Å²) in [5, 5.41) is 1.75. The Morgan fingerprint density at radius 2 is 1.52 bits per heavy atom. The van der Waals surface area contributed by atoms with E-state index in [1.807, 2.05) is 0 Å². The van der Waals surface area contributed by atoms with Crippen LogP contribution in [0.5, 0.6) is 0 Å². The van der Waals surface area contributed by atoms with Gasteiger partial charge in [-0.15, -0.1) is 0 Å². The number of imide groups is 1. The van der Waals surface area contributed by atoms with Crippen LogP contribution in [0.4, 0.5) is 28.0 Å². The van der Waals surface area contributed by atoms with Crippen molar-refractivity contribution in [3.05, 3.63) is 65.5 Å². The number of benzene rings is 2. The van der Waals surface area contributed by atoms with E-state index < -0.39 is 35.0 Å². The van der Waals surface area contributed by atoms with Gasteiger partial charge >= 0.3 is 12.2 Å². The zero-order chi connectivity index (χ0) is 18.4. The molecular weight excluding hydrogens is 340 g/mol. The molecule has 130 valence electrons. The number of hydrogen-bond donors (Lipinski definition) is 1. The second kappa shape index (κ2) is 5.58. The summed E-state index contributed by atoms with van der Waals surface area (Å²) in [6.45, 7) is 1.76. The standard InChI is InChI=1S/C17H12F4N2O2/c1-10-2-8-13(9-3-10)23-14(24)16(17(19,20)21,22-15(23)25)11-4-6-12(18)7-5-11/h2-9H,1H3,(H,22,25). The van der Waals surface area contributed by atoms with Crippen LogP contribution in [0.25, 0.3) is 0 Å². The zero-order valence-electron chi connectivity index (χ0n) is 12.9. The second-order valence-corrected chi connectivity index (χ2v) is 5.66. The molecule has 1 saturated heterocycles. The van der Waals surface area contributed by atoms with E-state index in [0.717, 1.165) is 29.8 Å². The van der Waals surface area contributed by atoms with E-state index in [4.69, 9.17) is 0 Å². The third-order valence-corrected chi connectivity index (χ3v) is 4.02. The van der Waals surface area contributed by atoms with Crippen molar-refractivity contribution in [3.63, 3.8) is 0 Å². The predicted molar refractivity (Wildman–Crippen MR) is 81.3 cm³/mol. The Kier molecular flexibility index (Phi) is 3.78. The van der Waals surface area contributed by atoms with Crippen molar-refractivity contribution in [2.45, 2.75) is 18.6 Å². The lowest BCUT2D eigenvalue weighted by Crippen LogP contribution is -2.55. The number of anilines is 1. The number of hydrogen-bond acceptors (Lipinski definition) is 2. The SMILES string of the molecule is Cc1ccc(N2C(=O)NC(c3ccc(F)cc3)(C(F)(F)F)C2=O)cc1. The van der Waals surface area contributed by atoms with E-state index >= 15 is 0 Å². The van der Waals surface area contributed by atoms with Crippen LogP contribution in [0.1, 0.15) is 11.1 Å². The Balaban J connectivity index is 2.15. The van der Waals surface area contributed by atoms with Crippen molar-refractivity contribution in [3.8, 4) is 0 Å². The molecule has 1 atom stereocenters. The molecule has 3 rings (SSSR count). The molecule has 25 heavy (non-hydrogen) atoms. The van der Waals surface area contributed by atoms with E-state index in [0.29, 0.717) is 4.90 Å². The van der Waals surface area contributed by atoms with Gasteiger partial charge in [0.1, 0.15) is 5.82 Å². The molecule has 0 bridgehead atoms. The minimum atomic E-state index is -5.11. The molecule has 2 aromatic carbocycles. The molecule has 1 fully saturated rings. The van der Waals surface area contributed by atoms with Gasteiger partial charge in [-0.05, 0) is 36.8 Å². The molecule has 2 aromatic rings. The summed E-state index contributed by atoms with van der Waals surface area (Å²) in [7, 11) is 0. The molecule has 1 N–H and O–H groups in total. The predicted octanol–water partition coefficient (Wildman–Crippen LogP) is 3.65. The maximum absolute atomic E-state index is 13.8.